The lowest BCUT2D eigenvalue weighted by atomic mass is 10.2. The summed E-state index contributed by atoms with van der Waals surface area (Å²) >= 11 is 0. The second-order valence-electron chi connectivity index (χ2n) is 8.98. The molecule has 3 aromatic heterocycles. The van der Waals surface area contributed by atoms with Crippen LogP contribution in [0.1, 0.15) is 37.9 Å². The van der Waals surface area contributed by atoms with Crippen molar-refractivity contribution in [3.63, 3.8) is 0 Å². The minimum absolute atomic E-state index is 0.0256. The van der Waals surface area contributed by atoms with Crippen molar-refractivity contribution in [2.24, 2.45) is 24.8 Å². The molecule has 1 unspecified atom stereocenters. The Labute approximate surface area is 199 Å². The molecule has 0 radical (unpaired) electrons. The molecule has 2 aliphatic carbocycles. The third kappa shape index (κ3) is 5.13. The van der Waals surface area contributed by atoms with Gasteiger partial charge in [-0.15, -0.1) is 5.10 Å². The molecule has 0 aromatic carbocycles. The number of pyridine rings is 2. The number of anilines is 2. The van der Waals surface area contributed by atoms with E-state index in [2.05, 4.69) is 30.9 Å². The predicted octanol–water partition coefficient (Wildman–Crippen LogP) is 3.00. The number of hydrogen-bond donors (Lipinski definition) is 3. The Morgan fingerprint density at radius 3 is 2.77 bits per heavy atom. The summed E-state index contributed by atoms with van der Waals surface area (Å²) in [4.78, 5) is 20.1. The molecule has 3 aromatic rings. The molecular formula is C23H25F2N7O3. The van der Waals surface area contributed by atoms with Crippen LogP contribution in [0.4, 0.5) is 20.3 Å². The highest BCUT2D eigenvalue weighted by atomic mass is 19.1. The van der Waals surface area contributed by atoms with Gasteiger partial charge in [-0.1, -0.05) is 5.21 Å². The van der Waals surface area contributed by atoms with Crippen molar-refractivity contribution in [1.29, 1.82) is 0 Å². The van der Waals surface area contributed by atoms with Gasteiger partial charge in [-0.25, -0.2) is 14.1 Å². The first kappa shape index (κ1) is 23.2. The number of amides is 1. The van der Waals surface area contributed by atoms with E-state index in [-0.39, 0.29) is 23.2 Å². The van der Waals surface area contributed by atoms with E-state index in [9.17, 15) is 18.7 Å². The van der Waals surface area contributed by atoms with Crippen molar-refractivity contribution in [3.05, 3.63) is 47.9 Å². The van der Waals surface area contributed by atoms with Crippen molar-refractivity contribution in [1.82, 2.24) is 25.0 Å². The average Bonchev–Trinajstić information content (AvgIpc) is 3.73. The fourth-order valence-corrected chi connectivity index (χ4v) is 4.24. The summed E-state index contributed by atoms with van der Waals surface area (Å²) in [5.74, 6) is 0.0486. The largest absolute Gasteiger partial charge is 0.351 e. The summed E-state index contributed by atoms with van der Waals surface area (Å²) in [7, 11) is 1.60. The monoisotopic (exact) mass is 485 g/mol. The fraction of sp³-hybridized carbons (Fsp3) is 0.435. The van der Waals surface area contributed by atoms with E-state index >= 15 is 0 Å². The third-order valence-electron chi connectivity index (χ3n) is 6.37. The molecule has 0 saturated heterocycles. The molecule has 4 atom stereocenters. The molecule has 3 heterocycles. The molecule has 184 valence electrons. The van der Waals surface area contributed by atoms with Gasteiger partial charge in [0.1, 0.15) is 5.82 Å². The van der Waals surface area contributed by atoms with Crippen LogP contribution in [0, 0.1) is 29.5 Å². The molecule has 2 saturated carbocycles. The van der Waals surface area contributed by atoms with E-state index in [0.29, 0.717) is 23.0 Å². The molecule has 10 nitrogen and oxygen atoms in total. The van der Waals surface area contributed by atoms with Crippen LogP contribution in [0.25, 0.3) is 11.4 Å². The average molecular weight is 485 g/mol. The summed E-state index contributed by atoms with van der Waals surface area (Å²) in [5, 5.41) is 24.0. The number of rotatable bonds is 9. The minimum atomic E-state index is -1.60. The highest BCUT2D eigenvalue weighted by molar-refractivity contribution is 5.94. The number of aromatic nitrogens is 5. The van der Waals surface area contributed by atoms with Gasteiger partial charge in [-0.05, 0) is 56.2 Å². The number of ether oxygens (including phenoxy) is 1. The number of carbonyl (C=O) groups is 1. The maximum atomic E-state index is 13.9. The summed E-state index contributed by atoms with van der Waals surface area (Å²) in [6, 6.07) is 4.36. The molecule has 2 fully saturated rings. The highest BCUT2D eigenvalue weighted by Gasteiger charge is 2.51. The third-order valence-corrected chi connectivity index (χ3v) is 6.37. The van der Waals surface area contributed by atoms with E-state index in [0.717, 1.165) is 24.6 Å². The SMILES string of the molecule is C[C@@H](OC(O)Nc1c(-c2ccc(NC(=O)[C@H]3C[C@@H]3C3CC3)cn2)nnn1C)c1cc(F)cnc1F. The van der Waals surface area contributed by atoms with Gasteiger partial charge in [-0.3, -0.25) is 9.78 Å². The number of nitrogens with one attached hydrogen (secondary N) is 2. The van der Waals surface area contributed by atoms with Crippen molar-refractivity contribution >= 4 is 17.4 Å². The van der Waals surface area contributed by atoms with Crippen LogP contribution < -0.4 is 10.6 Å². The zero-order valence-electron chi connectivity index (χ0n) is 19.2. The van der Waals surface area contributed by atoms with Gasteiger partial charge < -0.3 is 20.5 Å². The molecule has 0 spiro atoms. The van der Waals surface area contributed by atoms with E-state index in [4.69, 9.17) is 4.74 Å². The van der Waals surface area contributed by atoms with Crippen molar-refractivity contribution in [2.75, 3.05) is 10.6 Å². The summed E-state index contributed by atoms with van der Waals surface area (Å²) in [6.45, 7) is 1.45. The van der Waals surface area contributed by atoms with Crippen molar-refractivity contribution in [3.8, 4) is 11.4 Å². The number of nitrogens with zero attached hydrogens (tertiary/aromatic N) is 5. The number of aryl methyl sites for hydroxylation is 1. The van der Waals surface area contributed by atoms with Gasteiger partial charge in [0.05, 0.1) is 29.9 Å². The lowest BCUT2D eigenvalue weighted by Gasteiger charge is -2.20. The highest BCUT2D eigenvalue weighted by Crippen LogP contribution is 2.54. The molecule has 0 aliphatic heterocycles. The summed E-state index contributed by atoms with van der Waals surface area (Å²) in [6.07, 6.45) is 3.12. The van der Waals surface area contributed by atoms with Crippen LogP contribution in [0.3, 0.4) is 0 Å². The van der Waals surface area contributed by atoms with E-state index in [1.54, 1.807) is 19.2 Å². The Bertz CT molecular complexity index is 1230. The Hall–Kier alpha value is -3.51. The standard InChI is InChI=1S/C23H25F2N7O3/c1-11(15-7-13(24)9-27-20(15)25)35-23(34)29-21-19(30-31-32(21)2)18-6-5-14(10-26-18)28-22(33)17-8-16(17)12-3-4-12/h5-7,9-12,16-17,23,29,34H,3-4,8H2,1-2H3,(H,28,33)/t11-,16-,17+,23?/m1/s1. The van der Waals surface area contributed by atoms with E-state index < -0.39 is 24.3 Å². The molecular weight excluding hydrogens is 460 g/mol. The van der Waals surface area contributed by atoms with Gasteiger partial charge in [0, 0.05) is 18.5 Å². The van der Waals surface area contributed by atoms with Crippen LogP contribution in [-0.4, -0.2) is 42.4 Å². The van der Waals surface area contributed by atoms with E-state index in [1.807, 2.05) is 0 Å². The lowest BCUT2D eigenvalue weighted by molar-refractivity contribution is -0.117. The molecule has 12 heteroatoms. The number of aliphatic hydroxyl groups excluding tert-OH is 1. The van der Waals surface area contributed by atoms with Gasteiger partial charge >= 0.3 is 0 Å². The normalized spacial score (nSPS) is 20.8. The smallest absolute Gasteiger partial charge is 0.237 e. The first-order chi connectivity index (χ1) is 16.8. The maximum Gasteiger partial charge on any atom is 0.237 e. The van der Waals surface area contributed by atoms with Gasteiger partial charge in [0.15, 0.2) is 11.5 Å². The topological polar surface area (TPSA) is 127 Å². The number of halogens is 2. The molecule has 3 N–H and O–H groups in total. The zero-order chi connectivity index (χ0) is 24.7. The quantitative estimate of drug-likeness (QED) is 0.312. The predicted molar refractivity (Wildman–Crippen MR) is 120 cm³/mol. The first-order valence-corrected chi connectivity index (χ1v) is 11.4. The van der Waals surface area contributed by atoms with Crippen LogP contribution in [0.15, 0.2) is 30.6 Å². The first-order valence-electron chi connectivity index (χ1n) is 11.4. The number of hydrogen-bond acceptors (Lipinski definition) is 8. The Kier molecular flexibility index (Phi) is 6.15. The molecule has 2 aliphatic rings. The maximum absolute atomic E-state index is 13.9. The Morgan fingerprint density at radius 2 is 2.06 bits per heavy atom. The summed E-state index contributed by atoms with van der Waals surface area (Å²) < 4.78 is 34.1. The molecule has 35 heavy (non-hydrogen) atoms. The van der Waals surface area contributed by atoms with E-state index in [1.165, 1.54) is 30.6 Å². The minimum Gasteiger partial charge on any atom is -0.351 e. The van der Waals surface area contributed by atoms with Crippen LogP contribution in [-0.2, 0) is 16.6 Å². The van der Waals surface area contributed by atoms with Gasteiger partial charge in [0.2, 0.25) is 18.3 Å². The second kappa shape index (κ2) is 9.27. The van der Waals surface area contributed by atoms with Crippen LogP contribution in [0.5, 0.6) is 0 Å². The zero-order valence-corrected chi connectivity index (χ0v) is 19.2. The van der Waals surface area contributed by atoms with Crippen LogP contribution in [0.2, 0.25) is 0 Å². The molecule has 5 rings (SSSR count). The lowest BCUT2D eigenvalue weighted by Crippen LogP contribution is -2.26. The van der Waals surface area contributed by atoms with Gasteiger partial charge in [-0.2, -0.15) is 4.39 Å². The molecule has 0 bridgehead atoms. The molecule has 1 amide bonds. The van der Waals surface area contributed by atoms with Crippen LogP contribution >= 0.6 is 0 Å². The van der Waals surface area contributed by atoms with Gasteiger partial charge in [0.25, 0.3) is 0 Å². The number of aliphatic hydroxyl groups is 1. The van der Waals surface area contributed by atoms with Crippen molar-refractivity contribution in [2.45, 2.75) is 38.7 Å². The summed E-state index contributed by atoms with van der Waals surface area (Å²) in [5.41, 5.74) is 1.22. The van der Waals surface area contributed by atoms with Crippen molar-refractivity contribution < 1.29 is 23.4 Å². The fourth-order valence-electron chi connectivity index (χ4n) is 4.24. The second-order valence-corrected chi connectivity index (χ2v) is 8.98. The Balaban J connectivity index is 1.23. The number of carbonyl (C=O) groups excluding carboxylic acids is 1. The Morgan fingerprint density at radius 1 is 1.26 bits per heavy atom.